The fourth-order valence-electron chi connectivity index (χ4n) is 1.77. The van der Waals surface area contributed by atoms with Gasteiger partial charge >= 0.3 is 0 Å². The molecule has 0 radical (unpaired) electrons. The van der Waals surface area contributed by atoms with Crippen molar-refractivity contribution in [3.05, 3.63) is 17.8 Å². The molecule has 0 saturated heterocycles. The zero-order chi connectivity index (χ0) is 14.1. The van der Waals surface area contributed by atoms with Crippen molar-refractivity contribution in [3.8, 4) is 6.07 Å². The van der Waals surface area contributed by atoms with Crippen LogP contribution in [0, 0.1) is 11.3 Å². The van der Waals surface area contributed by atoms with Gasteiger partial charge in [0.15, 0.2) is 5.69 Å². The van der Waals surface area contributed by atoms with Crippen molar-refractivity contribution in [3.63, 3.8) is 0 Å². The Morgan fingerprint density at radius 2 is 2.11 bits per heavy atom. The Bertz CT molecular complexity index is 396. The Kier molecular flexibility index (Phi) is 6.79. The molecular formula is C13H21N5O. The van der Waals surface area contributed by atoms with E-state index in [1.807, 2.05) is 6.07 Å². The van der Waals surface area contributed by atoms with E-state index in [9.17, 15) is 5.11 Å². The van der Waals surface area contributed by atoms with Crippen LogP contribution in [0.1, 0.15) is 26.0 Å². The minimum atomic E-state index is -0.0529. The lowest BCUT2D eigenvalue weighted by Gasteiger charge is -2.22. The summed E-state index contributed by atoms with van der Waals surface area (Å²) < 4.78 is 0. The molecule has 1 heterocycles. The van der Waals surface area contributed by atoms with Gasteiger partial charge in [-0.2, -0.15) is 5.26 Å². The second-order valence-electron chi connectivity index (χ2n) is 4.26. The van der Waals surface area contributed by atoms with Crippen molar-refractivity contribution in [2.45, 2.75) is 26.3 Å². The van der Waals surface area contributed by atoms with Gasteiger partial charge in [-0.3, -0.25) is 0 Å². The first-order valence-corrected chi connectivity index (χ1v) is 6.57. The third-order valence-corrected chi connectivity index (χ3v) is 3.04. The Balaban J connectivity index is 2.49. The molecule has 0 aliphatic rings. The highest BCUT2D eigenvalue weighted by molar-refractivity contribution is 5.36. The van der Waals surface area contributed by atoms with E-state index >= 15 is 0 Å². The molecule has 0 aromatic carbocycles. The molecule has 0 bridgehead atoms. The highest BCUT2D eigenvalue weighted by atomic mass is 16.3. The summed E-state index contributed by atoms with van der Waals surface area (Å²) in [4.78, 5) is 2.30. The van der Waals surface area contributed by atoms with E-state index in [0.717, 1.165) is 26.1 Å². The monoisotopic (exact) mass is 263 g/mol. The van der Waals surface area contributed by atoms with Crippen molar-refractivity contribution in [1.82, 2.24) is 15.1 Å². The molecule has 19 heavy (non-hydrogen) atoms. The number of nitrogens with one attached hydrogen (secondary N) is 1. The first-order chi connectivity index (χ1) is 9.23. The number of hydrogen-bond acceptors (Lipinski definition) is 6. The maximum Gasteiger partial charge on any atom is 0.163 e. The van der Waals surface area contributed by atoms with E-state index in [-0.39, 0.29) is 18.3 Å². The molecule has 0 spiro atoms. The van der Waals surface area contributed by atoms with Crippen LogP contribution in [0.4, 0.5) is 5.82 Å². The van der Waals surface area contributed by atoms with Gasteiger partial charge in [0.2, 0.25) is 0 Å². The van der Waals surface area contributed by atoms with Crippen LogP contribution < -0.4 is 5.32 Å². The number of anilines is 1. The van der Waals surface area contributed by atoms with E-state index in [1.54, 1.807) is 12.1 Å². The number of nitrogens with zero attached hydrogens (tertiary/aromatic N) is 4. The lowest BCUT2D eigenvalue weighted by Crippen LogP contribution is -2.32. The number of rotatable bonds is 8. The second-order valence-corrected chi connectivity index (χ2v) is 4.26. The molecule has 6 heteroatoms. The van der Waals surface area contributed by atoms with Gasteiger partial charge < -0.3 is 15.3 Å². The highest BCUT2D eigenvalue weighted by Gasteiger charge is 2.10. The Hall–Kier alpha value is -1.71. The fraction of sp³-hybridized carbons (Fsp3) is 0.615. The van der Waals surface area contributed by atoms with E-state index in [1.165, 1.54) is 0 Å². The maximum absolute atomic E-state index is 9.36. The average molecular weight is 263 g/mol. The molecule has 0 unspecified atom stereocenters. The van der Waals surface area contributed by atoms with Crippen molar-refractivity contribution in [2.75, 3.05) is 31.6 Å². The van der Waals surface area contributed by atoms with Gasteiger partial charge in [-0.05, 0) is 31.6 Å². The van der Waals surface area contributed by atoms with Crippen LogP contribution in [0.15, 0.2) is 12.1 Å². The van der Waals surface area contributed by atoms with E-state index in [2.05, 4.69) is 34.3 Å². The first-order valence-electron chi connectivity index (χ1n) is 6.57. The summed E-state index contributed by atoms with van der Waals surface area (Å²) in [6.45, 7) is 7.22. The largest absolute Gasteiger partial charge is 0.394 e. The molecule has 104 valence electrons. The molecular weight excluding hydrogens is 242 g/mol. The van der Waals surface area contributed by atoms with Gasteiger partial charge in [0, 0.05) is 6.54 Å². The molecule has 1 atom stereocenters. The predicted octanol–water partition coefficient (Wildman–Crippen LogP) is 0.853. The Morgan fingerprint density at radius 1 is 1.37 bits per heavy atom. The lowest BCUT2D eigenvalue weighted by molar-refractivity contribution is 0.240. The lowest BCUT2D eigenvalue weighted by atomic mass is 10.2. The summed E-state index contributed by atoms with van der Waals surface area (Å²) in [5, 5.41) is 28.8. The number of aliphatic hydroxyl groups excluding tert-OH is 1. The molecule has 0 amide bonds. The Morgan fingerprint density at radius 3 is 2.58 bits per heavy atom. The van der Waals surface area contributed by atoms with Crippen LogP contribution in [-0.2, 0) is 0 Å². The molecule has 6 nitrogen and oxygen atoms in total. The summed E-state index contributed by atoms with van der Waals surface area (Å²) in [5.74, 6) is 0.581. The van der Waals surface area contributed by atoms with E-state index < -0.39 is 0 Å². The standard InChI is InChI=1S/C13H21N5O/c1-3-18(4-2)8-7-12(10-19)15-13-6-5-11(9-14)16-17-13/h5-6,12,19H,3-4,7-8,10H2,1-2H3,(H,15,17)/t12-/m1/s1. The smallest absolute Gasteiger partial charge is 0.163 e. The third-order valence-electron chi connectivity index (χ3n) is 3.04. The minimum absolute atomic E-state index is 0.0446. The average Bonchev–Trinajstić information content (AvgIpc) is 2.47. The predicted molar refractivity (Wildman–Crippen MR) is 73.6 cm³/mol. The number of hydrogen-bond donors (Lipinski definition) is 2. The topological polar surface area (TPSA) is 85.1 Å². The SMILES string of the molecule is CCN(CC)CC[C@H](CO)Nc1ccc(C#N)nn1. The second kappa shape index (κ2) is 8.40. The van der Waals surface area contributed by atoms with Crippen LogP contribution in [-0.4, -0.2) is 52.5 Å². The van der Waals surface area contributed by atoms with Gasteiger partial charge in [0.1, 0.15) is 11.9 Å². The summed E-state index contributed by atoms with van der Waals surface area (Å²) in [6.07, 6.45) is 0.833. The number of nitriles is 1. The van der Waals surface area contributed by atoms with Gasteiger partial charge in [0.05, 0.1) is 12.6 Å². The summed E-state index contributed by atoms with van der Waals surface area (Å²) in [7, 11) is 0. The molecule has 1 aromatic rings. The number of aliphatic hydroxyl groups is 1. The van der Waals surface area contributed by atoms with Gasteiger partial charge in [-0.25, -0.2) is 0 Å². The molecule has 0 aliphatic carbocycles. The number of aromatic nitrogens is 2. The molecule has 0 fully saturated rings. The van der Waals surface area contributed by atoms with Gasteiger partial charge in [0.25, 0.3) is 0 Å². The molecule has 0 aliphatic heterocycles. The normalized spacial score (nSPS) is 12.2. The van der Waals surface area contributed by atoms with E-state index in [0.29, 0.717) is 5.82 Å². The van der Waals surface area contributed by atoms with Gasteiger partial charge in [-0.1, -0.05) is 13.8 Å². The van der Waals surface area contributed by atoms with Gasteiger partial charge in [-0.15, -0.1) is 10.2 Å². The minimum Gasteiger partial charge on any atom is -0.394 e. The summed E-state index contributed by atoms with van der Waals surface area (Å²) in [6, 6.07) is 5.17. The van der Waals surface area contributed by atoms with Crippen LogP contribution in [0.5, 0.6) is 0 Å². The maximum atomic E-state index is 9.36. The molecule has 1 rings (SSSR count). The summed E-state index contributed by atoms with van der Waals surface area (Å²) >= 11 is 0. The fourth-order valence-corrected chi connectivity index (χ4v) is 1.77. The first kappa shape index (κ1) is 15.3. The third kappa shape index (κ3) is 5.20. The van der Waals surface area contributed by atoms with Crippen LogP contribution in [0.25, 0.3) is 0 Å². The van der Waals surface area contributed by atoms with Crippen molar-refractivity contribution in [2.24, 2.45) is 0 Å². The van der Waals surface area contributed by atoms with Crippen molar-refractivity contribution in [1.29, 1.82) is 5.26 Å². The van der Waals surface area contributed by atoms with Crippen LogP contribution in [0.3, 0.4) is 0 Å². The van der Waals surface area contributed by atoms with Crippen molar-refractivity contribution >= 4 is 5.82 Å². The summed E-state index contributed by atoms with van der Waals surface area (Å²) in [5.41, 5.74) is 0.286. The zero-order valence-electron chi connectivity index (χ0n) is 11.5. The molecule has 2 N–H and O–H groups in total. The van der Waals surface area contributed by atoms with Crippen LogP contribution in [0.2, 0.25) is 0 Å². The quantitative estimate of drug-likeness (QED) is 0.723. The van der Waals surface area contributed by atoms with E-state index in [4.69, 9.17) is 5.26 Å². The molecule has 0 saturated carbocycles. The van der Waals surface area contributed by atoms with Crippen molar-refractivity contribution < 1.29 is 5.11 Å². The van der Waals surface area contributed by atoms with Crippen LogP contribution >= 0.6 is 0 Å². The zero-order valence-corrected chi connectivity index (χ0v) is 11.5. The Labute approximate surface area is 114 Å². The highest BCUT2D eigenvalue weighted by Crippen LogP contribution is 2.06. The molecule has 1 aromatic heterocycles.